The molecule has 4 heterocycles. The maximum Gasteiger partial charge on any atom is 0.232 e. The molecule has 1 N–H and O–H groups in total. The van der Waals surface area contributed by atoms with Gasteiger partial charge in [-0.3, -0.25) is 14.3 Å². The molecule has 2 aromatic rings. The highest BCUT2D eigenvalue weighted by molar-refractivity contribution is 5.98. The van der Waals surface area contributed by atoms with E-state index in [1.165, 1.54) is 10.9 Å². The summed E-state index contributed by atoms with van der Waals surface area (Å²) in [4.78, 5) is 15.4. The summed E-state index contributed by atoms with van der Waals surface area (Å²) >= 11 is 0. The first-order valence-electron chi connectivity index (χ1n) is 8.39. The molecule has 3 aliphatic heterocycles. The molecule has 23 heavy (non-hydrogen) atoms. The summed E-state index contributed by atoms with van der Waals surface area (Å²) in [6.45, 7) is 3.71. The molecule has 4 nitrogen and oxygen atoms in total. The molecule has 1 aromatic carbocycles. The molecular formula is C19H20N2O2. The molecule has 0 amide bonds. The first-order chi connectivity index (χ1) is 11.1. The number of rotatable bonds is 1. The second kappa shape index (κ2) is 4.34. The van der Waals surface area contributed by atoms with Gasteiger partial charge in [0.25, 0.3) is 0 Å². The number of hydrogen-bond acceptors (Lipinski definition) is 3. The number of para-hydroxylation sites is 1. The molecule has 0 saturated carbocycles. The number of fused-ring (bicyclic) bond motifs is 3. The number of nitrogens with zero attached hydrogens (tertiary/aromatic N) is 2. The van der Waals surface area contributed by atoms with Gasteiger partial charge in [-0.25, -0.2) is 0 Å². The highest BCUT2D eigenvalue weighted by atomic mass is 16.3. The molecule has 0 aliphatic carbocycles. The summed E-state index contributed by atoms with van der Waals surface area (Å²) in [6, 6.07) is 8.32. The van der Waals surface area contributed by atoms with E-state index in [9.17, 15) is 9.90 Å². The largest absolute Gasteiger partial charge is 0.392 e. The van der Waals surface area contributed by atoms with Gasteiger partial charge >= 0.3 is 0 Å². The van der Waals surface area contributed by atoms with Gasteiger partial charge in [0, 0.05) is 36.0 Å². The SMILES string of the molecule is C[C@H](O)[C@]12C=CCN3CCc4c(n(c5ccccc45)C(=O)C1)[C@@H]32. The quantitative estimate of drug-likeness (QED) is 0.824. The Morgan fingerprint density at radius 3 is 3.00 bits per heavy atom. The first kappa shape index (κ1) is 13.5. The van der Waals surface area contributed by atoms with E-state index in [0.717, 1.165) is 30.7 Å². The number of hydrogen-bond donors (Lipinski definition) is 1. The second-order valence-electron chi connectivity index (χ2n) is 7.13. The van der Waals surface area contributed by atoms with Crippen molar-refractivity contribution in [2.24, 2.45) is 5.41 Å². The third-order valence-corrected chi connectivity index (χ3v) is 6.06. The minimum absolute atomic E-state index is 0.0985. The van der Waals surface area contributed by atoms with Crippen LogP contribution in [-0.2, 0) is 6.42 Å². The molecule has 0 fully saturated rings. The standard InChI is InChI=1S/C19H20N2O2/c1-12(22)19-8-4-9-20-10-7-14-13-5-2-3-6-15(13)21(16(23)11-19)17(14)18(19)20/h2-6,8,12,18,22H,7,9-11H2,1H3/t12-,18+,19-/m0/s1. The minimum Gasteiger partial charge on any atom is -0.392 e. The van der Waals surface area contributed by atoms with E-state index in [0.29, 0.717) is 6.42 Å². The lowest BCUT2D eigenvalue weighted by Crippen LogP contribution is -2.55. The van der Waals surface area contributed by atoms with Crippen molar-refractivity contribution in [3.63, 3.8) is 0 Å². The van der Waals surface area contributed by atoms with Crippen LogP contribution in [0.1, 0.15) is 35.4 Å². The molecule has 1 aromatic heterocycles. The minimum atomic E-state index is -0.548. The monoisotopic (exact) mass is 308 g/mol. The summed E-state index contributed by atoms with van der Waals surface area (Å²) in [5, 5.41) is 11.8. The Bertz CT molecular complexity index is 864. The van der Waals surface area contributed by atoms with Gasteiger partial charge in [-0.05, 0) is 25.0 Å². The average Bonchev–Trinajstić information content (AvgIpc) is 2.89. The van der Waals surface area contributed by atoms with Crippen LogP contribution in [0.25, 0.3) is 10.9 Å². The molecule has 118 valence electrons. The normalized spacial score (nSPS) is 30.5. The Hall–Kier alpha value is -1.91. The topological polar surface area (TPSA) is 45.5 Å². The molecule has 0 spiro atoms. The van der Waals surface area contributed by atoms with Gasteiger partial charge in [0.15, 0.2) is 0 Å². The van der Waals surface area contributed by atoms with Crippen LogP contribution < -0.4 is 0 Å². The van der Waals surface area contributed by atoms with Crippen molar-refractivity contribution in [1.82, 2.24) is 9.47 Å². The van der Waals surface area contributed by atoms with E-state index in [2.05, 4.69) is 23.1 Å². The zero-order valence-electron chi connectivity index (χ0n) is 13.2. The molecule has 0 unspecified atom stereocenters. The predicted molar refractivity (Wildman–Crippen MR) is 88.5 cm³/mol. The lowest BCUT2D eigenvalue weighted by molar-refractivity contribution is -0.0288. The van der Waals surface area contributed by atoms with Gasteiger partial charge < -0.3 is 5.11 Å². The molecule has 3 atom stereocenters. The van der Waals surface area contributed by atoms with E-state index in [4.69, 9.17) is 0 Å². The van der Waals surface area contributed by atoms with Gasteiger partial charge in [0.2, 0.25) is 5.91 Å². The molecule has 0 bridgehead atoms. The van der Waals surface area contributed by atoms with E-state index in [-0.39, 0.29) is 11.9 Å². The van der Waals surface area contributed by atoms with Crippen molar-refractivity contribution in [3.8, 4) is 0 Å². The zero-order chi connectivity index (χ0) is 15.8. The number of aliphatic hydroxyl groups is 1. The third kappa shape index (κ3) is 1.51. The van der Waals surface area contributed by atoms with Crippen LogP contribution in [0.2, 0.25) is 0 Å². The fourth-order valence-electron chi connectivity index (χ4n) is 5.00. The fraction of sp³-hybridized carbons (Fsp3) is 0.421. The van der Waals surface area contributed by atoms with Gasteiger partial charge in [0.1, 0.15) is 0 Å². The molecular weight excluding hydrogens is 288 g/mol. The summed E-state index contributed by atoms with van der Waals surface area (Å²) < 4.78 is 1.93. The van der Waals surface area contributed by atoms with Crippen LogP contribution in [0.15, 0.2) is 36.4 Å². The molecule has 4 heteroatoms. The van der Waals surface area contributed by atoms with E-state index >= 15 is 0 Å². The van der Waals surface area contributed by atoms with Crippen LogP contribution in [0, 0.1) is 5.41 Å². The second-order valence-corrected chi connectivity index (χ2v) is 7.13. The summed E-state index contributed by atoms with van der Waals surface area (Å²) in [7, 11) is 0. The fourth-order valence-corrected chi connectivity index (χ4v) is 5.00. The summed E-state index contributed by atoms with van der Waals surface area (Å²) in [5.74, 6) is 0.105. The van der Waals surface area contributed by atoms with Gasteiger partial charge in [0.05, 0.1) is 17.7 Å². The van der Waals surface area contributed by atoms with Crippen LogP contribution in [0.4, 0.5) is 0 Å². The van der Waals surface area contributed by atoms with Gasteiger partial charge in [-0.2, -0.15) is 0 Å². The van der Waals surface area contributed by atoms with E-state index in [1.807, 2.05) is 29.7 Å². The van der Waals surface area contributed by atoms with Crippen LogP contribution >= 0.6 is 0 Å². The van der Waals surface area contributed by atoms with Gasteiger partial charge in [-0.1, -0.05) is 30.4 Å². The zero-order valence-corrected chi connectivity index (χ0v) is 13.2. The van der Waals surface area contributed by atoms with E-state index in [1.54, 1.807) is 0 Å². The van der Waals surface area contributed by atoms with Crippen LogP contribution in [0.5, 0.6) is 0 Å². The molecule has 3 aliphatic rings. The summed E-state index contributed by atoms with van der Waals surface area (Å²) in [5.41, 5.74) is 2.96. The Balaban J connectivity index is 1.90. The van der Waals surface area contributed by atoms with Crippen LogP contribution in [0.3, 0.4) is 0 Å². The van der Waals surface area contributed by atoms with Crippen molar-refractivity contribution in [3.05, 3.63) is 47.7 Å². The number of aromatic nitrogens is 1. The third-order valence-electron chi connectivity index (χ3n) is 6.06. The molecule has 0 saturated heterocycles. The maximum absolute atomic E-state index is 13.0. The lowest BCUT2D eigenvalue weighted by Gasteiger charge is -2.53. The summed E-state index contributed by atoms with van der Waals surface area (Å²) in [6.07, 6.45) is 5.02. The molecule has 5 rings (SSSR count). The smallest absolute Gasteiger partial charge is 0.232 e. The number of carbonyl (C=O) groups excluding carboxylic acids is 1. The van der Waals surface area contributed by atoms with Crippen molar-refractivity contribution >= 4 is 16.8 Å². The average molecular weight is 308 g/mol. The highest BCUT2D eigenvalue weighted by Crippen LogP contribution is 2.54. The number of aliphatic hydroxyl groups excluding tert-OH is 1. The Kier molecular flexibility index (Phi) is 2.55. The van der Waals surface area contributed by atoms with Crippen molar-refractivity contribution in [2.45, 2.75) is 31.9 Å². The number of benzene rings is 1. The maximum atomic E-state index is 13.0. The van der Waals surface area contributed by atoms with E-state index < -0.39 is 11.5 Å². The Labute approximate surface area is 135 Å². The Morgan fingerprint density at radius 1 is 1.35 bits per heavy atom. The lowest BCUT2D eigenvalue weighted by atomic mass is 9.66. The molecule has 0 radical (unpaired) electrons. The van der Waals surface area contributed by atoms with Crippen molar-refractivity contribution in [1.29, 1.82) is 0 Å². The van der Waals surface area contributed by atoms with Crippen LogP contribution in [-0.4, -0.2) is 39.7 Å². The predicted octanol–water partition coefficient (Wildman–Crippen LogP) is 2.52. The Morgan fingerprint density at radius 2 is 2.17 bits per heavy atom. The number of carbonyl (C=O) groups is 1. The van der Waals surface area contributed by atoms with Gasteiger partial charge in [-0.15, -0.1) is 0 Å². The highest BCUT2D eigenvalue weighted by Gasteiger charge is 2.54. The first-order valence-corrected chi connectivity index (χ1v) is 8.39. The van der Waals surface area contributed by atoms with Crippen molar-refractivity contribution in [2.75, 3.05) is 13.1 Å². The van der Waals surface area contributed by atoms with Crippen molar-refractivity contribution < 1.29 is 9.90 Å².